The Labute approximate surface area is 151 Å². The van der Waals surface area contributed by atoms with Gasteiger partial charge in [0, 0.05) is 48.8 Å². The smallest absolute Gasteiger partial charge is 0.0701 e. The topological polar surface area (TPSA) is 54.5 Å². The van der Waals surface area contributed by atoms with Crippen LogP contribution in [0.1, 0.15) is 27.7 Å². The number of benzene rings is 1. The van der Waals surface area contributed by atoms with E-state index in [0.29, 0.717) is 0 Å². The van der Waals surface area contributed by atoms with Gasteiger partial charge < -0.3 is 4.98 Å². The van der Waals surface area contributed by atoms with Crippen LogP contribution < -0.4 is 0 Å². The number of nitrogens with zero attached hydrogens (tertiary/aromatic N) is 3. The number of H-pyrrole nitrogens is 1. The number of nitrogens with one attached hydrogen (secondary N) is 1. The lowest BCUT2D eigenvalue weighted by molar-refractivity contribution is 1.20. The van der Waals surface area contributed by atoms with Crippen LogP contribution in [0.2, 0.25) is 0 Å². The zero-order chi connectivity index (χ0) is 18.6. The molecular weight excluding hydrogens is 308 g/mol. The normalized spacial score (nSPS) is 8.00. The van der Waals surface area contributed by atoms with Crippen LogP contribution in [-0.4, -0.2) is 19.9 Å². The van der Waals surface area contributed by atoms with E-state index in [1.165, 1.54) is 5.39 Å². The minimum Gasteiger partial charge on any atom is -0.368 e. The summed E-state index contributed by atoms with van der Waals surface area (Å²) in [6, 6.07) is 16.0. The van der Waals surface area contributed by atoms with Crippen molar-refractivity contribution in [1.29, 1.82) is 0 Å². The summed E-state index contributed by atoms with van der Waals surface area (Å²) in [5.41, 5.74) is 1.06. The van der Waals surface area contributed by atoms with Crippen molar-refractivity contribution in [3.05, 3.63) is 91.9 Å². The minimum atomic E-state index is 1.06. The van der Waals surface area contributed by atoms with Gasteiger partial charge in [-0.3, -0.25) is 15.0 Å². The van der Waals surface area contributed by atoms with Crippen molar-refractivity contribution in [2.45, 2.75) is 27.7 Å². The molecule has 132 valence electrons. The van der Waals surface area contributed by atoms with Crippen LogP contribution in [0.5, 0.6) is 0 Å². The first kappa shape index (κ1) is 22.0. The second kappa shape index (κ2) is 17.3. The fraction of sp³-hybridized carbons (Fsp3) is 0.190. The van der Waals surface area contributed by atoms with Crippen molar-refractivity contribution < 1.29 is 0 Å². The van der Waals surface area contributed by atoms with E-state index in [9.17, 15) is 0 Å². The molecule has 4 rings (SSSR count). The van der Waals surface area contributed by atoms with Gasteiger partial charge in [0.05, 0.1) is 5.52 Å². The highest BCUT2D eigenvalue weighted by atomic mass is 14.7. The van der Waals surface area contributed by atoms with E-state index in [-0.39, 0.29) is 0 Å². The molecule has 1 aromatic carbocycles. The van der Waals surface area contributed by atoms with Crippen molar-refractivity contribution in [1.82, 2.24) is 19.9 Å². The number of pyridine rings is 1. The molecule has 0 fully saturated rings. The van der Waals surface area contributed by atoms with Gasteiger partial charge in [-0.15, -0.1) is 0 Å². The predicted octanol–water partition coefficient (Wildman–Crippen LogP) is 5.78. The predicted molar refractivity (Wildman–Crippen MR) is 107 cm³/mol. The number of rotatable bonds is 0. The van der Waals surface area contributed by atoms with Crippen LogP contribution >= 0.6 is 0 Å². The van der Waals surface area contributed by atoms with Gasteiger partial charge in [-0.2, -0.15) is 0 Å². The van der Waals surface area contributed by atoms with Gasteiger partial charge in [-0.25, -0.2) is 0 Å². The Morgan fingerprint density at radius 2 is 1.12 bits per heavy atom. The first-order valence-electron chi connectivity index (χ1n) is 8.54. The standard InChI is InChI=1S/C9H7N.C4H4N2.C4H5N.2C2H6/c1-2-6-9-8(4-1)5-3-7-10-9;1-2-6-4-3-5-1;1-2-4-5-3-1;2*1-2/h1-7H;1-4H;1-5H;2*1-2H3. The SMILES string of the molecule is CC.CC.c1cc[nH]c1.c1ccc2ncccc2c1.c1cnccn1. The zero-order valence-corrected chi connectivity index (χ0v) is 15.5. The van der Waals surface area contributed by atoms with Gasteiger partial charge in [0.15, 0.2) is 0 Å². The number of hydrogen-bond donors (Lipinski definition) is 1. The Kier molecular flexibility index (Phi) is 15.3. The number of aromatic nitrogens is 4. The molecule has 0 radical (unpaired) electrons. The lowest BCUT2D eigenvalue weighted by atomic mass is 10.2. The van der Waals surface area contributed by atoms with Gasteiger partial charge in [-0.1, -0.05) is 52.0 Å². The average Bonchev–Trinajstić information content (AvgIpc) is 3.33. The molecule has 1 N–H and O–H groups in total. The molecule has 0 amide bonds. The molecule has 0 atom stereocenters. The average molecular weight is 336 g/mol. The van der Waals surface area contributed by atoms with Crippen molar-refractivity contribution in [2.75, 3.05) is 0 Å². The van der Waals surface area contributed by atoms with Crippen LogP contribution in [0.4, 0.5) is 0 Å². The lowest BCUT2D eigenvalue weighted by Gasteiger charge is -1.91. The van der Waals surface area contributed by atoms with Gasteiger partial charge in [0.25, 0.3) is 0 Å². The zero-order valence-electron chi connectivity index (χ0n) is 15.5. The van der Waals surface area contributed by atoms with Gasteiger partial charge >= 0.3 is 0 Å². The Bertz CT molecular complexity index is 601. The van der Waals surface area contributed by atoms with E-state index in [1.54, 1.807) is 24.8 Å². The van der Waals surface area contributed by atoms with Crippen molar-refractivity contribution in [3.8, 4) is 0 Å². The fourth-order valence-electron chi connectivity index (χ4n) is 1.55. The van der Waals surface area contributed by atoms with Crippen LogP contribution in [0.15, 0.2) is 91.9 Å². The van der Waals surface area contributed by atoms with E-state index in [2.05, 4.69) is 32.1 Å². The molecule has 4 aromatic rings. The summed E-state index contributed by atoms with van der Waals surface area (Å²) in [4.78, 5) is 14.5. The van der Waals surface area contributed by atoms with Crippen LogP contribution in [0.25, 0.3) is 10.9 Å². The molecule has 0 saturated carbocycles. The second-order valence-electron chi connectivity index (χ2n) is 3.98. The molecule has 0 aliphatic heterocycles. The number of para-hydroxylation sites is 1. The van der Waals surface area contributed by atoms with Crippen molar-refractivity contribution in [2.24, 2.45) is 0 Å². The third-order valence-electron chi connectivity index (χ3n) is 2.49. The molecular formula is C21H28N4. The molecule has 4 heteroatoms. The summed E-state index contributed by atoms with van der Waals surface area (Å²) in [7, 11) is 0. The molecule has 3 aromatic heterocycles. The largest absolute Gasteiger partial charge is 0.368 e. The highest BCUT2D eigenvalue weighted by Gasteiger charge is 1.86. The number of fused-ring (bicyclic) bond motifs is 1. The van der Waals surface area contributed by atoms with Gasteiger partial charge in [0.2, 0.25) is 0 Å². The van der Waals surface area contributed by atoms with E-state index in [4.69, 9.17) is 0 Å². The first-order valence-corrected chi connectivity index (χ1v) is 8.54. The molecule has 0 aliphatic rings. The maximum atomic E-state index is 4.18. The van der Waals surface area contributed by atoms with Gasteiger partial charge in [0.1, 0.15) is 0 Å². The Morgan fingerprint density at radius 3 is 1.56 bits per heavy atom. The van der Waals surface area contributed by atoms with E-state index < -0.39 is 0 Å². The Hall–Kier alpha value is -3.01. The van der Waals surface area contributed by atoms with E-state index in [1.807, 2.05) is 82.7 Å². The fourth-order valence-corrected chi connectivity index (χ4v) is 1.55. The summed E-state index contributed by atoms with van der Waals surface area (Å²) < 4.78 is 0. The van der Waals surface area contributed by atoms with Crippen LogP contribution in [0, 0.1) is 0 Å². The van der Waals surface area contributed by atoms with Crippen LogP contribution in [0.3, 0.4) is 0 Å². The molecule has 0 bridgehead atoms. The Balaban J connectivity index is 0.000000333. The molecule has 0 unspecified atom stereocenters. The molecule has 0 spiro atoms. The summed E-state index contributed by atoms with van der Waals surface area (Å²) in [6.07, 6.45) is 12.1. The maximum absolute atomic E-state index is 4.18. The third-order valence-corrected chi connectivity index (χ3v) is 2.49. The second-order valence-corrected chi connectivity index (χ2v) is 3.98. The lowest BCUT2D eigenvalue weighted by Crippen LogP contribution is -1.73. The van der Waals surface area contributed by atoms with Crippen molar-refractivity contribution in [3.63, 3.8) is 0 Å². The molecule has 0 aliphatic carbocycles. The maximum Gasteiger partial charge on any atom is 0.0701 e. The first-order chi connectivity index (χ1) is 12.5. The Morgan fingerprint density at radius 1 is 0.600 bits per heavy atom. The quantitative estimate of drug-likeness (QED) is 0.443. The summed E-state index contributed by atoms with van der Waals surface area (Å²) in [6.45, 7) is 8.00. The summed E-state index contributed by atoms with van der Waals surface area (Å²) >= 11 is 0. The molecule has 0 saturated heterocycles. The highest BCUT2D eigenvalue weighted by molar-refractivity contribution is 5.77. The van der Waals surface area contributed by atoms with Crippen LogP contribution in [-0.2, 0) is 0 Å². The monoisotopic (exact) mass is 336 g/mol. The number of hydrogen-bond acceptors (Lipinski definition) is 3. The minimum absolute atomic E-state index is 1.06. The van der Waals surface area contributed by atoms with Crippen molar-refractivity contribution >= 4 is 10.9 Å². The molecule has 3 heterocycles. The molecule has 25 heavy (non-hydrogen) atoms. The van der Waals surface area contributed by atoms with Gasteiger partial charge in [-0.05, 0) is 24.3 Å². The van der Waals surface area contributed by atoms with E-state index in [0.717, 1.165) is 5.52 Å². The number of aromatic amines is 1. The third kappa shape index (κ3) is 11.2. The summed E-state index contributed by atoms with van der Waals surface area (Å²) in [5.74, 6) is 0. The van der Waals surface area contributed by atoms with E-state index >= 15 is 0 Å². The highest BCUT2D eigenvalue weighted by Crippen LogP contribution is 2.07. The molecule has 4 nitrogen and oxygen atoms in total. The summed E-state index contributed by atoms with van der Waals surface area (Å²) in [5, 5.41) is 1.20.